The third-order valence-electron chi connectivity index (χ3n) is 2.28. The second-order valence-electron chi connectivity index (χ2n) is 6.13. The molecule has 31 heavy (non-hydrogen) atoms. The monoisotopic (exact) mass is 607 g/mol. The third-order valence-corrected chi connectivity index (χ3v) is 8.81. The van der Waals surface area contributed by atoms with Crippen LogP contribution < -0.4 is 0 Å². The fraction of sp³-hybridized carbons (Fsp3) is 0.375. The molecule has 0 heterocycles. The molecule has 0 N–H and O–H groups in total. The van der Waals surface area contributed by atoms with Crippen LogP contribution >= 0.6 is 20.2 Å². The van der Waals surface area contributed by atoms with Crippen LogP contribution in [-0.4, -0.2) is 32.4 Å². The fourth-order valence-corrected chi connectivity index (χ4v) is 6.07. The molecule has 0 spiro atoms. The van der Waals surface area contributed by atoms with Crippen molar-refractivity contribution in [3.63, 3.8) is 0 Å². The van der Waals surface area contributed by atoms with Crippen LogP contribution in [0.3, 0.4) is 0 Å². The molecule has 0 radical (unpaired) electrons. The number of halogens is 7. The Morgan fingerprint density at radius 2 is 1.32 bits per heavy atom. The summed E-state index contributed by atoms with van der Waals surface area (Å²) in [4.78, 5) is 0. The molecule has 0 aliphatic heterocycles. The molecule has 0 atom stereocenters. The van der Waals surface area contributed by atoms with E-state index < -0.39 is 51.5 Å². The fourth-order valence-electron chi connectivity index (χ4n) is 1.04. The smallest absolute Gasteiger partial charge is 0.485 e. The number of rotatable bonds is 3. The zero-order chi connectivity index (χ0) is 24.7. The largest absolute Gasteiger partial charge is 0.741 e. The van der Waals surface area contributed by atoms with Crippen molar-refractivity contribution in [3.8, 4) is 21.7 Å². The molecule has 1 rings (SSSR count). The average Bonchev–Trinajstić information content (AvgIpc) is 2.55. The van der Waals surface area contributed by atoms with Crippen LogP contribution in [-0.2, 0) is 22.7 Å². The Hall–Kier alpha value is -1.53. The van der Waals surface area contributed by atoms with Crippen LogP contribution in [0.25, 0.3) is 0 Å². The van der Waals surface area contributed by atoms with Gasteiger partial charge in [-0.2, -0.15) is 13.2 Å². The van der Waals surface area contributed by atoms with Gasteiger partial charge >= 0.3 is 147 Å². The minimum absolute atomic E-state index is 0.320. The Morgan fingerprint density at radius 1 is 0.871 bits per heavy atom. The van der Waals surface area contributed by atoms with Gasteiger partial charge in [0.25, 0.3) is 0 Å². The van der Waals surface area contributed by atoms with E-state index in [2.05, 4.69) is 24.2 Å². The molecule has 6 nitrogen and oxygen atoms in total. The summed E-state index contributed by atoms with van der Waals surface area (Å²) < 4.78 is 126. The summed E-state index contributed by atoms with van der Waals surface area (Å²) in [5.41, 5.74) is -11.4. The Morgan fingerprint density at radius 3 is 1.68 bits per heavy atom. The number of benzene rings is 1. The molecule has 0 unspecified atom stereocenters. The predicted octanol–water partition coefficient (Wildman–Crippen LogP) is 4.21. The van der Waals surface area contributed by atoms with Gasteiger partial charge in [-0.05, 0) is 0 Å². The summed E-state index contributed by atoms with van der Waals surface area (Å²) in [5, 5.41) is 0. The molecule has 1 aromatic carbocycles. The summed E-state index contributed by atoms with van der Waals surface area (Å²) in [5.74, 6) is 7.73. The Bertz CT molecular complexity index is 1070. The van der Waals surface area contributed by atoms with Crippen molar-refractivity contribution in [2.24, 2.45) is 5.41 Å². The molecule has 0 saturated carbocycles. The van der Waals surface area contributed by atoms with Gasteiger partial charge in [0.05, 0.1) is 0 Å². The van der Waals surface area contributed by atoms with E-state index in [-0.39, 0.29) is 5.41 Å². The van der Waals surface area contributed by atoms with Crippen LogP contribution in [0.5, 0.6) is 0 Å². The normalized spacial score (nSPS) is 12.9. The van der Waals surface area contributed by atoms with E-state index in [4.69, 9.17) is 13.0 Å². The second-order valence-corrected chi connectivity index (χ2v) is 13.3. The summed E-state index contributed by atoms with van der Waals surface area (Å²) in [6.07, 6.45) is 0. The molecule has 176 valence electrons. The topological polar surface area (TPSA) is 101 Å². The van der Waals surface area contributed by atoms with Crippen molar-refractivity contribution in [3.05, 3.63) is 33.9 Å². The minimum Gasteiger partial charge on any atom is -0.741 e. The van der Waals surface area contributed by atoms with Crippen molar-refractivity contribution in [1.29, 1.82) is 0 Å². The summed E-state index contributed by atoms with van der Waals surface area (Å²) in [6.45, 7) is 5.54. The maximum absolute atomic E-state index is 12.5. The summed E-state index contributed by atoms with van der Waals surface area (Å²) in [7, 11) is -11.8. The third kappa shape index (κ3) is 11.6. The molecule has 0 amide bonds. The van der Waals surface area contributed by atoms with E-state index in [1.54, 1.807) is 18.2 Å². The number of alkyl halides is 6. The van der Waals surface area contributed by atoms with Gasteiger partial charge in [-0.15, -0.1) is 0 Å². The zero-order valence-corrected chi connectivity index (χ0v) is 19.6. The number of hydrogen-bond acceptors (Lipinski definition) is 6. The van der Waals surface area contributed by atoms with Crippen molar-refractivity contribution in [1.82, 2.24) is 0 Å². The van der Waals surface area contributed by atoms with Gasteiger partial charge in [-0.1, -0.05) is 0 Å². The van der Waals surface area contributed by atoms with Gasteiger partial charge in [-0.3, -0.25) is 0 Å². The maximum atomic E-state index is 12.5. The average molecular weight is 607 g/mol. The summed E-state index contributed by atoms with van der Waals surface area (Å²) in [6, 6.07) is 7.78. The van der Waals surface area contributed by atoms with Crippen LogP contribution in [0.2, 0.25) is 0 Å². The first kappa shape index (κ1) is 29.5. The second kappa shape index (κ2) is 10.9. The van der Waals surface area contributed by atoms with Crippen LogP contribution in [0.15, 0.2) is 30.3 Å². The SMILES string of the molecule is CC(C)(C)C#CC#CI(OS(=O)(=O)C(F)(F)F)c1ccccc1.O=S(=O)([O-])C(F)(F)F. The van der Waals surface area contributed by atoms with Crippen LogP contribution in [0, 0.1) is 30.7 Å². The Balaban J connectivity index is 0.000000954. The Labute approximate surface area is 183 Å². The first-order valence-corrected chi connectivity index (χ1v) is 13.3. The molecular weight excluding hydrogens is 593 g/mol. The standard InChI is InChI=1S/C15H14F3IO3S.CHF3O3S/c1-14(2,3)11-7-8-12-19(13-9-5-4-6-10-13)22-23(20,21)15(16,17)18;2-1(3,4)8(5,6)7/h4-6,9-10H,1-3H3;(H,5,6,7)/p-1. The van der Waals surface area contributed by atoms with E-state index >= 15 is 0 Å². The van der Waals surface area contributed by atoms with Gasteiger partial charge in [0.15, 0.2) is 10.1 Å². The quantitative estimate of drug-likeness (QED) is 0.168. The first-order chi connectivity index (χ1) is 13.7. The van der Waals surface area contributed by atoms with Gasteiger partial charge in [0, 0.05) is 0 Å². The van der Waals surface area contributed by atoms with Crippen molar-refractivity contribution in [2.45, 2.75) is 31.8 Å². The maximum Gasteiger partial charge on any atom is 0.485 e. The van der Waals surface area contributed by atoms with Gasteiger partial charge in [0.1, 0.15) is 0 Å². The summed E-state index contributed by atoms with van der Waals surface area (Å²) >= 11 is -3.38. The molecule has 0 saturated heterocycles. The molecular formula is C16H14F6IO6S2-. The molecule has 0 aliphatic rings. The zero-order valence-electron chi connectivity index (χ0n) is 15.8. The van der Waals surface area contributed by atoms with Crippen molar-refractivity contribution >= 4 is 40.5 Å². The van der Waals surface area contributed by atoms with E-state index in [0.717, 1.165) is 0 Å². The van der Waals surface area contributed by atoms with Crippen LogP contribution in [0.1, 0.15) is 20.8 Å². The molecule has 15 heteroatoms. The van der Waals surface area contributed by atoms with E-state index in [0.29, 0.717) is 3.57 Å². The van der Waals surface area contributed by atoms with Gasteiger partial charge in [-0.25, -0.2) is 8.42 Å². The minimum atomic E-state index is -6.09. The first-order valence-electron chi connectivity index (χ1n) is 7.49. The van der Waals surface area contributed by atoms with Crippen molar-refractivity contribution < 1.29 is 50.2 Å². The van der Waals surface area contributed by atoms with Gasteiger partial charge in [0.2, 0.25) is 0 Å². The Kier molecular flexibility index (Phi) is 10.3. The van der Waals surface area contributed by atoms with E-state index in [1.807, 2.05) is 20.8 Å². The molecule has 0 aliphatic carbocycles. The molecule has 0 bridgehead atoms. The van der Waals surface area contributed by atoms with E-state index in [9.17, 15) is 34.8 Å². The molecule has 1 aromatic rings. The van der Waals surface area contributed by atoms with Crippen LogP contribution in [0.4, 0.5) is 26.3 Å². The van der Waals surface area contributed by atoms with Gasteiger partial charge < -0.3 is 4.55 Å². The molecule has 0 fully saturated rings. The number of hydrogen-bond donors (Lipinski definition) is 0. The predicted molar refractivity (Wildman–Crippen MR) is 106 cm³/mol. The van der Waals surface area contributed by atoms with E-state index in [1.165, 1.54) is 12.1 Å². The molecule has 0 aromatic heterocycles. The van der Waals surface area contributed by atoms with Crippen molar-refractivity contribution in [2.75, 3.05) is 0 Å².